The molecule has 0 saturated carbocycles. The van der Waals surface area contributed by atoms with Gasteiger partial charge in [-0.25, -0.2) is 0 Å². The third-order valence-electron chi connectivity index (χ3n) is 6.22. The fourth-order valence-corrected chi connectivity index (χ4v) is 5.25. The quantitative estimate of drug-likeness (QED) is 0.516. The Morgan fingerprint density at radius 2 is 2.13 bits per heavy atom. The van der Waals surface area contributed by atoms with Crippen molar-refractivity contribution in [2.24, 2.45) is 10.9 Å². The maximum Gasteiger partial charge on any atom is 2.00 e. The second-order valence-corrected chi connectivity index (χ2v) is 9.24. The van der Waals surface area contributed by atoms with Crippen molar-refractivity contribution in [3.05, 3.63) is 65.2 Å². The van der Waals surface area contributed by atoms with Crippen LogP contribution in [-0.2, 0) is 21.9 Å². The van der Waals surface area contributed by atoms with Gasteiger partial charge in [0.1, 0.15) is 6.04 Å². The first-order chi connectivity index (χ1) is 14.6. The van der Waals surface area contributed by atoms with Gasteiger partial charge in [-0.15, -0.1) is 18.2 Å². The molecular formula is C24H30CuN3O2S+. The van der Waals surface area contributed by atoms with Crippen molar-refractivity contribution in [2.45, 2.75) is 43.8 Å². The van der Waals surface area contributed by atoms with E-state index >= 15 is 0 Å². The number of thioether (sulfide) groups is 1. The predicted octanol–water partition coefficient (Wildman–Crippen LogP) is 4.36. The van der Waals surface area contributed by atoms with Crippen LogP contribution in [0.5, 0.6) is 0 Å². The van der Waals surface area contributed by atoms with Gasteiger partial charge in [-0.1, -0.05) is 42.0 Å². The number of carbonyl (C=O) groups is 1. The van der Waals surface area contributed by atoms with E-state index < -0.39 is 12.0 Å². The SMILES string of the molecule is CSCC(C(=O)O)N(CC1=NC2=CC=CC[C@H]2CC1)C[C@@H]1C=CC2=CC=CC[C@@H]2[N-]1.[Cu+2]. The van der Waals surface area contributed by atoms with Crippen molar-refractivity contribution >= 4 is 23.4 Å². The predicted molar refractivity (Wildman–Crippen MR) is 125 cm³/mol. The van der Waals surface area contributed by atoms with Crippen LogP contribution in [0, 0.1) is 5.92 Å². The number of aliphatic imine (C=N–C) groups is 1. The van der Waals surface area contributed by atoms with Crippen LogP contribution in [0.1, 0.15) is 25.7 Å². The zero-order valence-electron chi connectivity index (χ0n) is 17.8. The van der Waals surface area contributed by atoms with Gasteiger partial charge < -0.3 is 10.4 Å². The molecule has 31 heavy (non-hydrogen) atoms. The second kappa shape index (κ2) is 11.5. The number of fused-ring (bicyclic) bond motifs is 2. The molecule has 169 valence electrons. The van der Waals surface area contributed by atoms with E-state index in [2.05, 4.69) is 53.5 Å². The summed E-state index contributed by atoms with van der Waals surface area (Å²) < 4.78 is 0. The summed E-state index contributed by atoms with van der Waals surface area (Å²) >= 11 is 1.58. The molecule has 1 unspecified atom stereocenters. The average Bonchev–Trinajstić information content (AvgIpc) is 2.76. The topological polar surface area (TPSA) is 67.0 Å². The normalized spacial score (nSPS) is 27.4. The molecule has 1 radical (unpaired) electrons. The van der Waals surface area contributed by atoms with Crippen molar-refractivity contribution in [2.75, 3.05) is 25.1 Å². The van der Waals surface area contributed by atoms with Crippen LogP contribution in [0.2, 0.25) is 0 Å². The van der Waals surface area contributed by atoms with E-state index in [9.17, 15) is 9.90 Å². The molecule has 0 spiro atoms. The van der Waals surface area contributed by atoms with Crippen molar-refractivity contribution in [3.8, 4) is 0 Å². The number of hydrogen-bond acceptors (Lipinski definition) is 4. The van der Waals surface area contributed by atoms with Gasteiger partial charge in [0.15, 0.2) is 0 Å². The molecule has 1 N–H and O–H groups in total. The fraction of sp³-hybridized carbons (Fsp3) is 0.500. The van der Waals surface area contributed by atoms with Gasteiger partial charge in [0.25, 0.3) is 0 Å². The molecule has 7 heteroatoms. The summed E-state index contributed by atoms with van der Waals surface area (Å²) in [6, 6.07) is -0.328. The van der Waals surface area contributed by atoms with E-state index in [1.807, 2.05) is 6.26 Å². The van der Waals surface area contributed by atoms with Gasteiger partial charge in [0, 0.05) is 29.6 Å². The average molecular weight is 488 g/mol. The second-order valence-electron chi connectivity index (χ2n) is 8.33. The van der Waals surface area contributed by atoms with E-state index in [0.717, 1.165) is 37.1 Å². The van der Waals surface area contributed by atoms with Gasteiger partial charge in [-0.2, -0.15) is 11.8 Å². The Morgan fingerprint density at radius 1 is 1.32 bits per heavy atom. The molecule has 4 aliphatic rings. The first-order valence-corrected chi connectivity index (χ1v) is 12.2. The Bertz CT molecular complexity index is 846. The van der Waals surface area contributed by atoms with Crippen molar-refractivity contribution in [1.29, 1.82) is 0 Å². The smallest absolute Gasteiger partial charge is 0.648 e. The maximum atomic E-state index is 12.1. The van der Waals surface area contributed by atoms with Crippen molar-refractivity contribution in [1.82, 2.24) is 4.90 Å². The summed E-state index contributed by atoms with van der Waals surface area (Å²) in [5.41, 5.74) is 3.50. The van der Waals surface area contributed by atoms with E-state index in [1.165, 1.54) is 5.57 Å². The molecule has 2 aliphatic carbocycles. The monoisotopic (exact) mass is 487 g/mol. The molecule has 0 saturated heterocycles. The molecule has 2 aliphatic heterocycles. The number of aliphatic carboxylic acids is 1. The standard InChI is InChI=1S/C24H30N3O2S.Cu/c1-30-16-23(24(28)29)27(14-19-12-10-17-6-2-4-8-21(17)25-19)15-20-13-11-18-7-3-5-9-22(18)26-20;/h2-6,9-10,12,18-19,21,23H,7-8,11,13-16H2,1H3,(H,28,29);/q-1;+2/t18-,19-,21-,23?;/m0./s1. The molecule has 0 aromatic carbocycles. The maximum absolute atomic E-state index is 12.1. The van der Waals surface area contributed by atoms with E-state index in [0.29, 0.717) is 24.8 Å². The van der Waals surface area contributed by atoms with Crippen LogP contribution < -0.4 is 0 Å². The molecule has 0 bridgehead atoms. The number of carboxylic acids is 1. The van der Waals surface area contributed by atoms with Crippen LogP contribution in [-0.4, -0.2) is 64.9 Å². The number of rotatable bonds is 8. The summed E-state index contributed by atoms with van der Waals surface area (Å²) in [4.78, 5) is 19.1. The van der Waals surface area contributed by atoms with Gasteiger partial charge in [0.05, 0.1) is 0 Å². The van der Waals surface area contributed by atoms with Crippen LogP contribution in [0.3, 0.4) is 0 Å². The van der Waals surface area contributed by atoms with Crippen molar-refractivity contribution in [3.63, 3.8) is 0 Å². The number of allylic oxidation sites excluding steroid dienone is 6. The Kier molecular flexibility index (Phi) is 8.99. The van der Waals surface area contributed by atoms with E-state index in [4.69, 9.17) is 10.3 Å². The molecule has 5 nitrogen and oxygen atoms in total. The van der Waals surface area contributed by atoms with E-state index in [-0.39, 0.29) is 29.2 Å². The summed E-state index contributed by atoms with van der Waals surface area (Å²) in [7, 11) is 0. The molecule has 0 aromatic rings. The summed E-state index contributed by atoms with van der Waals surface area (Å²) in [6.45, 7) is 1.21. The van der Waals surface area contributed by atoms with Crippen molar-refractivity contribution < 1.29 is 27.0 Å². The zero-order chi connectivity index (χ0) is 20.9. The minimum absolute atomic E-state index is 0. The molecule has 2 heterocycles. The Morgan fingerprint density at radius 3 is 2.94 bits per heavy atom. The Labute approximate surface area is 200 Å². The largest absolute Gasteiger partial charge is 2.00 e. The molecular weight excluding hydrogens is 458 g/mol. The number of nitrogens with zero attached hydrogens (tertiary/aromatic N) is 3. The Balaban J connectivity index is 0.00000272. The number of carboxylic acid groups (broad SMARTS) is 1. The first kappa shape index (κ1) is 24.3. The summed E-state index contributed by atoms with van der Waals surface area (Å²) in [5, 5.41) is 14.9. The first-order valence-electron chi connectivity index (χ1n) is 10.8. The third-order valence-corrected chi connectivity index (χ3v) is 6.87. The minimum atomic E-state index is -0.764. The number of hydrogen-bond donors (Lipinski definition) is 1. The van der Waals surface area contributed by atoms with E-state index in [1.54, 1.807) is 11.8 Å². The minimum Gasteiger partial charge on any atom is -0.648 e. The van der Waals surface area contributed by atoms with Gasteiger partial charge in [-0.3, -0.25) is 14.7 Å². The Hall–Kier alpha value is -1.37. The van der Waals surface area contributed by atoms with Gasteiger partial charge >= 0.3 is 23.0 Å². The van der Waals surface area contributed by atoms with Crippen LogP contribution in [0.15, 0.2) is 64.9 Å². The van der Waals surface area contributed by atoms with Crippen LogP contribution in [0.4, 0.5) is 0 Å². The molecule has 4 atom stereocenters. The third kappa shape index (κ3) is 6.11. The van der Waals surface area contributed by atoms with Crippen LogP contribution in [0.25, 0.3) is 5.32 Å². The van der Waals surface area contributed by atoms with Gasteiger partial charge in [-0.05, 0) is 44.6 Å². The summed E-state index contributed by atoms with van der Waals surface area (Å²) in [5.74, 6) is 0.318. The zero-order valence-corrected chi connectivity index (χ0v) is 19.5. The fourth-order valence-electron chi connectivity index (χ4n) is 4.58. The van der Waals surface area contributed by atoms with Crippen LogP contribution >= 0.6 is 11.8 Å². The summed E-state index contributed by atoms with van der Waals surface area (Å²) in [6.07, 6.45) is 23.0. The molecule has 4 rings (SSSR count). The molecule has 0 aromatic heterocycles. The molecule has 0 fully saturated rings. The molecule has 0 amide bonds. The van der Waals surface area contributed by atoms with Gasteiger partial charge in [0.2, 0.25) is 0 Å².